The van der Waals surface area contributed by atoms with E-state index in [9.17, 15) is 0 Å². The lowest BCUT2D eigenvalue weighted by atomic mass is 9.95. The standard InChI is InChI=1S/C11H14N4S/c1-3-12-4-2-8(1)7-9-15-10-11(16-9)14-6-5-13-10/h5-6,8,12H,1-4,7H2. The minimum atomic E-state index is 0.779. The lowest BCUT2D eigenvalue weighted by Gasteiger charge is -2.21. The molecule has 3 rings (SSSR count). The fraction of sp³-hybridized carbons (Fsp3) is 0.545. The van der Waals surface area contributed by atoms with Crippen LogP contribution in [0.1, 0.15) is 17.8 Å². The van der Waals surface area contributed by atoms with E-state index in [-0.39, 0.29) is 0 Å². The number of hydrogen-bond acceptors (Lipinski definition) is 5. The van der Waals surface area contributed by atoms with Crippen LogP contribution in [0.2, 0.25) is 0 Å². The van der Waals surface area contributed by atoms with Crippen LogP contribution in [0.3, 0.4) is 0 Å². The molecule has 0 unspecified atom stereocenters. The summed E-state index contributed by atoms with van der Waals surface area (Å²) in [4.78, 5) is 14.0. The predicted molar refractivity (Wildman–Crippen MR) is 64.5 cm³/mol. The third kappa shape index (κ3) is 2.05. The van der Waals surface area contributed by atoms with Gasteiger partial charge in [-0.05, 0) is 31.8 Å². The van der Waals surface area contributed by atoms with Gasteiger partial charge in [0.2, 0.25) is 0 Å². The molecule has 0 atom stereocenters. The maximum absolute atomic E-state index is 4.53. The lowest BCUT2D eigenvalue weighted by Crippen LogP contribution is -2.28. The van der Waals surface area contributed by atoms with Gasteiger partial charge < -0.3 is 5.32 Å². The van der Waals surface area contributed by atoms with Crippen LogP contribution >= 0.6 is 11.3 Å². The molecule has 1 fully saturated rings. The Bertz CT molecular complexity index is 443. The molecule has 16 heavy (non-hydrogen) atoms. The van der Waals surface area contributed by atoms with Gasteiger partial charge in [-0.15, -0.1) is 0 Å². The fourth-order valence-corrected chi connectivity index (χ4v) is 3.12. The zero-order valence-corrected chi connectivity index (χ0v) is 9.83. The molecule has 0 aromatic carbocycles. The molecule has 0 radical (unpaired) electrons. The van der Waals surface area contributed by atoms with Crippen molar-refractivity contribution in [3.05, 3.63) is 17.4 Å². The molecular formula is C11H14N4S. The highest BCUT2D eigenvalue weighted by atomic mass is 32.1. The van der Waals surface area contributed by atoms with Crippen molar-refractivity contribution < 1.29 is 0 Å². The van der Waals surface area contributed by atoms with Crippen LogP contribution in [0.15, 0.2) is 12.4 Å². The van der Waals surface area contributed by atoms with E-state index in [0.29, 0.717) is 0 Å². The quantitative estimate of drug-likeness (QED) is 0.858. The molecule has 0 aliphatic carbocycles. The van der Waals surface area contributed by atoms with Crippen LogP contribution < -0.4 is 5.32 Å². The Morgan fingerprint density at radius 1 is 1.25 bits per heavy atom. The smallest absolute Gasteiger partial charge is 0.189 e. The van der Waals surface area contributed by atoms with Gasteiger partial charge in [-0.3, -0.25) is 0 Å². The maximum Gasteiger partial charge on any atom is 0.189 e. The van der Waals surface area contributed by atoms with Gasteiger partial charge in [0.25, 0.3) is 0 Å². The van der Waals surface area contributed by atoms with Crippen molar-refractivity contribution in [2.24, 2.45) is 5.92 Å². The largest absolute Gasteiger partial charge is 0.317 e. The van der Waals surface area contributed by atoms with Gasteiger partial charge in [0.1, 0.15) is 0 Å². The molecule has 1 N–H and O–H groups in total. The summed E-state index contributed by atoms with van der Waals surface area (Å²) < 4.78 is 0. The third-order valence-electron chi connectivity index (χ3n) is 3.01. The zero-order chi connectivity index (χ0) is 10.8. The van der Waals surface area contributed by atoms with E-state index < -0.39 is 0 Å². The summed E-state index contributed by atoms with van der Waals surface area (Å²) in [6.07, 6.45) is 7.04. The van der Waals surface area contributed by atoms with E-state index in [1.165, 1.54) is 17.8 Å². The maximum atomic E-state index is 4.53. The summed E-state index contributed by atoms with van der Waals surface area (Å²) in [6, 6.07) is 0. The Morgan fingerprint density at radius 2 is 2.06 bits per heavy atom. The second kappa shape index (κ2) is 4.43. The van der Waals surface area contributed by atoms with E-state index in [4.69, 9.17) is 0 Å². The molecule has 1 aliphatic rings. The Hall–Kier alpha value is -1.07. The summed E-state index contributed by atoms with van der Waals surface area (Å²) in [6.45, 7) is 2.29. The molecule has 0 amide bonds. The van der Waals surface area contributed by atoms with Crippen molar-refractivity contribution in [1.82, 2.24) is 20.3 Å². The van der Waals surface area contributed by atoms with Gasteiger partial charge in [0, 0.05) is 18.8 Å². The molecule has 0 saturated carbocycles. The molecule has 1 aliphatic heterocycles. The molecule has 5 heteroatoms. The summed E-state index contributed by atoms with van der Waals surface area (Å²) in [5.74, 6) is 0.779. The molecular weight excluding hydrogens is 220 g/mol. The first-order valence-electron chi connectivity index (χ1n) is 5.69. The average Bonchev–Trinajstić information content (AvgIpc) is 2.72. The van der Waals surface area contributed by atoms with Crippen molar-refractivity contribution in [3.63, 3.8) is 0 Å². The summed E-state index contributed by atoms with van der Waals surface area (Å²) in [5.41, 5.74) is 0.802. The predicted octanol–water partition coefficient (Wildman–Crippen LogP) is 1.63. The number of hydrogen-bond donors (Lipinski definition) is 1. The highest BCUT2D eigenvalue weighted by Crippen LogP contribution is 2.23. The minimum Gasteiger partial charge on any atom is -0.317 e. The van der Waals surface area contributed by atoms with Crippen molar-refractivity contribution in [2.75, 3.05) is 13.1 Å². The van der Waals surface area contributed by atoms with E-state index in [1.807, 2.05) is 0 Å². The molecule has 2 aromatic heterocycles. The fourth-order valence-electron chi connectivity index (χ4n) is 2.14. The van der Waals surface area contributed by atoms with E-state index >= 15 is 0 Å². The SMILES string of the molecule is c1cnc2sc(CC3CCNCC3)nc2n1. The van der Waals surface area contributed by atoms with Crippen molar-refractivity contribution in [2.45, 2.75) is 19.3 Å². The van der Waals surface area contributed by atoms with Gasteiger partial charge >= 0.3 is 0 Å². The van der Waals surface area contributed by atoms with Crippen molar-refractivity contribution in [3.8, 4) is 0 Å². The number of rotatable bonds is 2. The second-order valence-corrected chi connectivity index (χ2v) is 5.25. The van der Waals surface area contributed by atoms with Crippen LogP contribution in [0.4, 0.5) is 0 Å². The Morgan fingerprint density at radius 3 is 2.88 bits per heavy atom. The molecule has 4 nitrogen and oxygen atoms in total. The van der Waals surface area contributed by atoms with E-state index in [1.54, 1.807) is 23.7 Å². The molecule has 1 saturated heterocycles. The van der Waals surface area contributed by atoms with Crippen LogP contribution in [-0.4, -0.2) is 28.0 Å². The van der Waals surface area contributed by atoms with E-state index in [0.717, 1.165) is 35.9 Å². The second-order valence-electron chi connectivity index (χ2n) is 4.19. The van der Waals surface area contributed by atoms with Gasteiger partial charge in [0.05, 0.1) is 5.01 Å². The summed E-state index contributed by atoms with van der Waals surface area (Å²) >= 11 is 1.69. The van der Waals surface area contributed by atoms with Gasteiger partial charge in [-0.1, -0.05) is 11.3 Å². The Labute approximate surface area is 98.1 Å². The summed E-state index contributed by atoms with van der Waals surface area (Å²) in [5, 5.41) is 4.57. The topological polar surface area (TPSA) is 50.7 Å². The minimum absolute atomic E-state index is 0.779. The average molecular weight is 234 g/mol. The first-order valence-corrected chi connectivity index (χ1v) is 6.50. The third-order valence-corrected chi connectivity index (χ3v) is 3.99. The number of fused-ring (bicyclic) bond motifs is 1. The highest BCUT2D eigenvalue weighted by Gasteiger charge is 2.16. The monoisotopic (exact) mass is 234 g/mol. The number of nitrogens with one attached hydrogen (secondary N) is 1. The van der Waals surface area contributed by atoms with Crippen LogP contribution in [-0.2, 0) is 6.42 Å². The molecule has 84 valence electrons. The number of thiazole rings is 1. The zero-order valence-electron chi connectivity index (χ0n) is 9.02. The lowest BCUT2D eigenvalue weighted by molar-refractivity contribution is 0.372. The molecule has 2 aromatic rings. The normalized spacial score (nSPS) is 18.0. The van der Waals surface area contributed by atoms with Gasteiger partial charge in [-0.2, -0.15) is 0 Å². The number of piperidine rings is 1. The van der Waals surface area contributed by atoms with E-state index in [2.05, 4.69) is 20.3 Å². The first-order chi connectivity index (χ1) is 7.92. The van der Waals surface area contributed by atoms with Crippen LogP contribution in [0.25, 0.3) is 10.5 Å². The van der Waals surface area contributed by atoms with Crippen LogP contribution in [0.5, 0.6) is 0 Å². The number of aromatic nitrogens is 3. The Kier molecular flexibility index (Phi) is 2.80. The molecule has 3 heterocycles. The summed E-state index contributed by atoms with van der Waals surface area (Å²) in [7, 11) is 0. The van der Waals surface area contributed by atoms with Crippen molar-refractivity contribution in [1.29, 1.82) is 0 Å². The van der Waals surface area contributed by atoms with Crippen LogP contribution in [0, 0.1) is 5.92 Å². The molecule has 0 spiro atoms. The van der Waals surface area contributed by atoms with Crippen molar-refractivity contribution >= 4 is 21.8 Å². The van der Waals surface area contributed by atoms with Gasteiger partial charge in [-0.25, -0.2) is 15.0 Å². The van der Waals surface area contributed by atoms with Gasteiger partial charge in [0.15, 0.2) is 10.5 Å². The Balaban J connectivity index is 1.78. The molecule has 0 bridgehead atoms. The highest BCUT2D eigenvalue weighted by molar-refractivity contribution is 7.18. The number of nitrogens with zero attached hydrogens (tertiary/aromatic N) is 3. The first kappa shape index (κ1) is 10.1.